The molecule has 1 aromatic heterocycles. The number of piperidine rings is 1. The quantitative estimate of drug-likeness (QED) is 0.814. The molecule has 17 heavy (non-hydrogen) atoms. The van der Waals surface area contributed by atoms with Gasteiger partial charge in [-0.2, -0.15) is 4.98 Å². The van der Waals surface area contributed by atoms with Gasteiger partial charge in [0.25, 0.3) is 0 Å². The molecule has 5 nitrogen and oxygen atoms in total. The molecule has 0 saturated carbocycles. The van der Waals surface area contributed by atoms with Crippen molar-refractivity contribution < 1.29 is 4.52 Å². The lowest BCUT2D eigenvalue weighted by molar-refractivity contribution is 0.328. The highest BCUT2D eigenvalue weighted by atomic mass is 16.5. The Labute approximate surface area is 101 Å². The summed E-state index contributed by atoms with van der Waals surface area (Å²) in [5.74, 6) is 2.14. The molecule has 2 unspecified atom stereocenters. The fourth-order valence-electron chi connectivity index (χ4n) is 2.70. The molecule has 2 N–H and O–H groups in total. The molecule has 0 radical (unpaired) electrons. The van der Waals surface area contributed by atoms with Gasteiger partial charge in [-0.25, -0.2) is 0 Å². The molecule has 0 aliphatic carbocycles. The van der Waals surface area contributed by atoms with Gasteiger partial charge in [0.2, 0.25) is 5.89 Å². The summed E-state index contributed by atoms with van der Waals surface area (Å²) in [5, 5.41) is 10.9. The van der Waals surface area contributed by atoms with Gasteiger partial charge in [-0.1, -0.05) is 11.6 Å². The monoisotopic (exact) mass is 236 g/mol. The van der Waals surface area contributed by atoms with E-state index in [-0.39, 0.29) is 0 Å². The van der Waals surface area contributed by atoms with Crippen LogP contribution in [0.5, 0.6) is 0 Å². The average Bonchev–Trinajstić information content (AvgIpc) is 3.00. The fraction of sp³-hybridized carbons (Fsp3) is 0.833. The van der Waals surface area contributed by atoms with Gasteiger partial charge in [0.15, 0.2) is 5.82 Å². The largest absolute Gasteiger partial charge is 0.339 e. The third-order valence-electron chi connectivity index (χ3n) is 3.74. The average molecular weight is 236 g/mol. The first-order chi connectivity index (χ1) is 8.42. The molecular weight excluding hydrogens is 216 g/mol. The molecule has 0 amide bonds. The van der Waals surface area contributed by atoms with Crippen LogP contribution in [0, 0.1) is 0 Å². The Bertz CT molecular complexity index is 353. The summed E-state index contributed by atoms with van der Waals surface area (Å²) in [5.41, 5.74) is 0. The Hall–Kier alpha value is -0.940. The number of hydrogen-bond acceptors (Lipinski definition) is 5. The van der Waals surface area contributed by atoms with Crippen LogP contribution < -0.4 is 10.6 Å². The minimum atomic E-state index is 0.451. The fourth-order valence-corrected chi connectivity index (χ4v) is 2.70. The molecule has 0 bridgehead atoms. The van der Waals surface area contributed by atoms with Crippen LogP contribution in [0.2, 0.25) is 0 Å². The van der Waals surface area contributed by atoms with E-state index in [1.165, 1.54) is 19.3 Å². The molecule has 2 fully saturated rings. The Morgan fingerprint density at radius 2 is 2.24 bits per heavy atom. The van der Waals surface area contributed by atoms with Crippen LogP contribution in [-0.2, 0) is 6.42 Å². The Kier molecular flexibility index (Phi) is 3.38. The van der Waals surface area contributed by atoms with Crippen molar-refractivity contribution in [3.05, 3.63) is 11.7 Å². The number of nitrogens with one attached hydrogen (secondary N) is 2. The Morgan fingerprint density at radius 1 is 1.24 bits per heavy atom. The smallest absolute Gasteiger partial charge is 0.228 e. The molecule has 0 aromatic carbocycles. The van der Waals surface area contributed by atoms with Crippen LogP contribution in [-0.4, -0.2) is 35.8 Å². The van der Waals surface area contributed by atoms with Gasteiger partial charge < -0.3 is 15.2 Å². The van der Waals surface area contributed by atoms with E-state index in [0.717, 1.165) is 44.2 Å². The molecule has 2 saturated heterocycles. The number of rotatable bonds is 3. The van der Waals surface area contributed by atoms with Crippen LogP contribution in [0.1, 0.15) is 43.3 Å². The maximum absolute atomic E-state index is 5.35. The zero-order valence-electron chi connectivity index (χ0n) is 10.1. The summed E-state index contributed by atoms with van der Waals surface area (Å²) in [6.45, 7) is 3.18. The number of hydrogen-bond donors (Lipinski definition) is 2. The maximum Gasteiger partial charge on any atom is 0.228 e. The molecule has 3 heterocycles. The van der Waals surface area contributed by atoms with Crippen LogP contribution >= 0.6 is 0 Å². The van der Waals surface area contributed by atoms with E-state index in [1.807, 2.05) is 0 Å². The first kappa shape index (κ1) is 11.2. The lowest BCUT2D eigenvalue weighted by Gasteiger charge is -2.21. The van der Waals surface area contributed by atoms with Crippen LogP contribution in [0.25, 0.3) is 0 Å². The van der Waals surface area contributed by atoms with E-state index in [4.69, 9.17) is 4.52 Å². The molecule has 2 aliphatic rings. The molecule has 1 aromatic rings. The van der Waals surface area contributed by atoms with Gasteiger partial charge >= 0.3 is 0 Å². The Morgan fingerprint density at radius 3 is 3.00 bits per heavy atom. The predicted molar refractivity (Wildman–Crippen MR) is 63.9 cm³/mol. The molecule has 0 spiro atoms. The van der Waals surface area contributed by atoms with Crippen molar-refractivity contribution >= 4 is 0 Å². The summed E-state index contributed by atoms with van der Waals surface area (Å²) in [4.78, 5) is 4.53. The minimum Gasteiger partial charge on any atom is -0.339 e. The molecule has 2 aliphatic heterocycles. The van der Waals surface area contributed by atoms with Crippen molar-refractivity contribution in [1.82, 2.24) is 20.8 Å². The minimum absolute atomic E-state index is 0.451. The van der Waals surface area contributed by atoms with E-state index < -0.39 is 0 Å². The van der Waals surface area contributed by atoms with E-state index in [1.54, 1.807) is 0 Å². The maximum atomic E-state index is 5.35. The van der Waals surface area contributed by atoms with Crippen molar-refractivity contribution in [2.24, 2.45) is 0 Å². The highest BCUT2D eigenvalue weighted by Gasteiger charge is 2.23. The summed E-state index contributed by atoms with van der Waals surface area (Å²) in [6, 6.07) is 0.527. The topological polar surface area (TPSA) is 63.0 Å². The number of nitrogens with zero attached hydrogens (tertiary/aromatic N) is 2. The Balaban J connectivity index is 1.59. The molecular formula is C12H20N4O. The lowest BCUT2D eigenvalue weighted by atomic mass is 10.0. The first-order valence-corrected chi connectivity index (χ1v) is 6.68. The normalized spacial score (nSPS) is 29.6. The van der Waals surface area contributed by atoms with E-state index in [0.29, 0.717) is 12.0 Å². The van der Waals surface area contributed by atoms with Crippen LogP contribution in [0.4, 0.5) is 0 Å². The van der Waals surface area contributed by atoms with Crippen molar-refractivity contribution in [3.8, 4) is 0 Å². The molecule has 5 heteroatoms. The second-order valence-electron chi connectivity index (χ2n) is 5.09. The van der Waals surface area contributed by atoms with Crippen molar-refractivity contribution in [2.45, 2.75) is 44.1 Å². The van der Waals surface area contributed by atoms with E-state index in [9.17, 15) is 0 Å². The van der Waals surface area contributed by atoms with Crippen molar-refractivity contribution in [3.63, 3.8) is 0 Å². The molecule has 2 atom stereocenters. The zero-order valence-corrected chi connectivity index (χ0v) is 10.1. The SMILES string of the molecule is C1CCC(Cc2nc(C3CCNC3)no2)NC1. The lowest BCUT2D eigenvalue weighted by Crippen LogP contribution is -2.35. The third kappa shape index (κ3) is 2.66. The third-order valence-corrected chi connectivity index (χ3v) is 3.74. The van der Waals surface area contributed by atoms with Crippen molar-refractivity contribution in [2.75, 3.05) is 19.6 Å². The van der Waals surface area contributed by atoms with E-state index in [2.05, 4.69) is 20.8 Å². The summed E-state index contributed by atoms with van der Waals surface area (Å²) >= 11 is 0. The summed E-state index contributed by atoms with van der Waals surface area (Å²) in [7, 11) is 0. The highest BCUT2D eigenvalue weighted by molar-refractivity contribution is 5.00. The molecule has 94 valence electrons. The van der Waals surface area contributed by atoms with Gasteiger partial charge in [0, 0.05) is 24.9 Å². The summed E-state index contributed by atoms with van der Waals surface area (Å²) < 4.78 is 5.35. The highest BCUT2D eigenvalue weighted by Crippen LogP contribution is 2.20. The van der Waals surface area contributed by atoms with Crippen molar-refractivity contribution in [1.29, 1.82) is 0 Å². The van der Waals surface area contributed by atoms with Gasteiger partial charge in [-0.15, -0.1) is 0 Å². The zero-order chi connectivity index (χ0) is 11.5. The second kappa shape index (κ2) is 5.14. The van der Waals surface area contributed by atoms with Gasteiger partial charge in [-0.3, -0.25) is 0 Å². The van der Waals surface area contributed by atoms with Gasteiger partial charge in [-0.05, 0) is 32.4 Å². The van der Waals surface area contributed by atoms with Gasteiger partial charge in [0.05, 0.1) is 0 Å². The van der Waals surface area contributed by atoms with Crippen LogP contribution in [0.3, 0.4) is 0 Å². The van der Waals surface area contributed by atoms with Crippen LogP contribution in [0.15, 0.2) is 4.52 Å². The molecule has 3 rings (SSSR count). The first-order valence-electron chi connectivity index (χ1n) is 6.68. The second-order valence-corrected chi connectivity index (χ2v) is 5.09. The standard InChI is InChI=1S/C12H20N4O/c1-2-5-14-10(3-1)7-11-15-12(16-17-11)9-4-6-13-8-9/h9-10,13-14H,1-8H2. The number of aromatic nitrogens is 2. The summed E-state index contributed by atoms with van der Waals surface area (Å²) in [6.07, 6.45) is 5.83. The predicted octanol–water partition coefficient (Wildman–Crippen LogP) is 0.831. The van der Waals surface area contributed by atoms with Gasteiger partial charge in [0.1, 0.15) is 0 Å². The van der Waals surface area contributed by atoms with E-state index >= 15 is 0 Å².